The van der Waals surface area contributed by atoms with Crippen molar-refractivity contribution in [2.45, 2.75) is 6.92 Å². The van der Waals surface area contributed by atoms with E-state index in [0.29, 0.717) is 11.3 Å². The van der Waals surface area contributed by atoms with Crippen molar-refractivity contribution in [3.8, 4) is 0 Å². The van der Waals surface area contributed by atoms with E-state index in [-0.39, 0.29) is 11.8 Å². The second-order valence-corrected chi connectivity index (χ2v) is 4.96. The van der Waals surface area contributed by atoms with Gasteiger partial charge in [0.2, 0.25) is 5.91 Å². The molecule has 0 aliphatic carbocycles. The third-order valence-corrected chi connectivity index (χ3v) is 3.15. The fourth-order valence-corrected chi connectivity index (χ4v) is 2.11. The highest BCUT2D eigenvalue weighted by molar-refractivity contribution is 7.11. The minimum absolute atomic E-state index is 0.182. The molecule has 0 radical (unpaired) electrons. The van der Waals surface area contributed by atoms with Crippen molar-refractivity contribution in [1.29, 1.82) is 0 Å². The smallest absolute Gasteiger partial charge is 0.271 e. The molecule has 1 aromatic carbocycles. The number of anilines is 1. The highest BCUT2D eigenvalue weighted by Crippen LogP contribution is 2.10. The van der Waals surface area contributed by atoms with E-state index in [4.69, 9.17) is 0 Å². The number of hydrazone groups is 1. The molecule has 2 amide bonds. The standard InChI is InChI=1S/C14H13N3O2S/c1-10(18)16-12-5-2-4-11(8-12)14(19)17-15-9-13-6-3-7-20-13/h2-9H,1H3,(H,16,18)(H,17,19)/b15-9-. The summed E-state index contributed by atoms with van der Waals surface area (Å²) in [6, 6.07) is 10.5. The van der Waals surface area contributed by atoms with E-state index in [1.807, 2.05) is 17.5 Å². The zero-order chi connectivity index (χ0) is 14.4. The molecule has 0 atom stereocenters. The van der Waals surface area contributed by atoms with E-state index in [0.717, 1.165) is 4.88 Å². The van der Waals surface area contributed by atoms with Crippen LogP contribution in [0.2, 0.25) is 0 Å². The third kappa shape index (κ3) is 4.03. The molecule has 5 nitrogen and oxygen atoms in total. The first-order valence-corrected chi connectivity index (χ1v) is 6.77. The molecule has 20 heavy (non-hydrogen) atoms. The maximum absolute atomic E-state index is 11.9. The monoisotopic (exact) mass is 287 g/mol. The molecule has 2 N–H and O–H groups in total. The summed E-state index contributed by atoms with van der Waals surface area (Å²) in [5.41, 5.74) is 3.45. The van der Waals surface area contributed by atoms with Gasteiger partial charge >= 0.3 is 0 Å². The van der Waals surface area contributed by atoms with Gasteiger partial charge < -0.3 is 5.32 Å². The summed E-state index contributed by atoms with van der Waals surface area (Å²) < 4.78 is 0. The van der Waals surface area contributed by atoms with Crippen LogP contribution in [0.1, 0.15) is 22.2 Å². The number of carbonyl (C=O) groups excluding carboxylic acids is 2. The van der Waals surface area contributed by atoms with E-state index < -0.39 is 0 Å². The van der Waals surface area contributed by atoms with Gasteiger partial charge in [0.1, 0.15) is 0 Å². The molecule has 102 valence electrons. The summed E-state index contributed by atoms with van der Waals surface area (Å²) in [6.07, 6.45) is 1.58. The van der Waals surface area contributed by atoms with Crippen LogP contribution < -0.4 is 10.7 Å². The molecule has 6 heteroatoms. The first kappa shape index (κ1) is 14.0. The van der Waals surface area contributed by atoms with Crippen LogP contribution >= 0.6 is 11.3 Å². The lowest BCUT2D eigenvalue weighted by molar-refractivity contribution is -0.114. The lowest BCUT2D eigenvalue weighted by Gasteiger charge is -2.04. The summed E-state index contributed by atoms with van der Waals surface area (Å²) in [6.45, 7) is 1.41. The van der Waals surface area contributed by atoms with Crippen LogP contribution in [0.5, 0.6) is 0 Å². The minimum Gasteiger partial charge on any atom is -0.326 e. The molecule has 0 fully saturated rings. The maximum atomic E-state index is 11.9. The molecule has 0 saturated carbocycles. The molecule has 2 rings (SSSR count). The van der Waals surface area contributed by atoms with Gasteiger partial charge in [-0.3, -0.25) is 9.59 Å². The molecule has 1 aromatic heterocycles. The summed E-state index contributed by atoms with van der Waals surface area (Å²) in [4.78, 5) is 23.8. The van der Waals surface area contributed by atoms with Gasteiger partial charge in [0.15, 0.2) is 0 Å². The summed E-state index contributed by atoms with van der Waals surface area (Å²) >= 11 is 1.53. The van der Waals surface area contributed by atoms with Crippen molar-refractivity contribution in [2.24, 2.45) is 5.10 Å². The summed E-state index contributed by atoms with van der Waals surface area (Å²) in [7, 11) is 0. The highest BCUT2D eigenvalue weighted by Gasteiger charge is 2.05. The van der Waals surface area contributed by atoms with Gasteiger partial charge in [0.25, 0.3) is 5.91 Å². The average Bonchev–Trinajstić information content (AvgIpc) is 2.91. The van der Waals surface area contributed by atoms with E-state index in [1.54, 1.807) is 30.5 Å². The number of nitrogens with zero attached hydrogens (tertiary/aromatic N) is 1. The van der Waals surface area contributed by atoms with Crippen LogP contribution in [0.3, 0.4) is 0 Å². The van der Waals surface area contributed by atoms with E-state index in [2.05, 4.69) is 15.8 Å². The van der Waals surface area contributed by atoms with E-state index in [1.165, 1.54) is 18.3 Å². The highest BCUT2D eigenvalue weighted by atomic mass is 32.1. The molecule has 0 bridgehead atoms. The van der Waals surface area contributed by atoms with Crippen LogP contribution in [-0.4, -0.2) is 18.0 Å². The lowest BCUT2D eigenvalue weighted by atomic mass is 10.2. The van der Waals surface area contributed by atoms with Crippen LogP contribution in [0.15, 0.2) is 46.9 Å². The minimum atomic E-state index is -0.329. The number of thiophene rings is 1. The quantitative estimate of drug-likeness (QED) is 0.670. The van der Waals surface area contributed by atoms with Crippen molar-refractivity contribution < 1.29 is 9.59 Å². The molecule has 1 heterocycles. The number of benzene rings is 1. The zero-order valence-electron chi connectivity index (χ0n) is 10.8. The summed E-state index contributed by atoms with van der Waals surface area (Å²) in [5.74, 6) is -0.511. The molecule has 0 aliphatic rings. The first-order chi connectivity index (χ1) is 9.65. The molecule has 0 aliphatic heterocycles. The van der Waals surface area contributed by atoms with Crippen LogP contribution in [0.25, 0.3) is 0 Å². The Morgan fingerprint density at radius 1 is 1.25 bits per heavy atom. The molecule has 0 unspecified atom stereocenters. The van der Waals surface area contributed by atoms with Gasteiger partial charge in [-0.05, 0) is 29.6 Å². The second kappa shape index (κ2) is 6.63. The normalized spacial score (nSPS) is 10.4. The maximum Gasteiger partial charge on any atom is 0.271 e. The van der Waals surface area contributed by atoms with Crippen molar-refractivity contribution in [3.05, 3.63) is 52.2 Å². The Balaban J connectivity index is 2.00. The Morgan fingerprint density at radius 3 is 2.80 bits per heavy atom. The molecule has 0 spiro atoms. The third-order valence-electron chi connectivity index (χ3n) is 2.35. The van der Waals surface area contributed by atoms with Crippen molar-refractivity contribution in [1.82, 2.24) is 5.43 Å². The predicted molar refractivity (Wildman–Crippen MR) is 80.1 cm³/mol. The number of hydrogen-bond donors (Lipinski definition) is 2. The Labute approximate surface area is 120 Å². The van der Waals surface area contributed by atoms with Gasteiger partial charge in [0.05, 0.1) is 6.21 Å². The molecular formula is C14H13N3O2S. The number of carbonyl (C=O) groups is 2. The Hall–Kier alpha value is -2.47. The Kier molecular flexibility index (Phi) is 4.62. The van der Waals surface area contributed by atoms with Crippen molar-refractivity contribution in [3.63, 3.8) is 0 Å². The van der Waals surface area contributed by atoms with Crippen LogP contribution in [-0.2, 0) is 4.79 Å². The average molecular weight is 287 g/mol. The number of nitrogens with one attached hydrogen (secondary N) is 2. The molecule has 0 saturated heterocycles. The van der Waals surface area contributed by atoms with Crippen molar-refractivity contribution >= 4 is 35.1 Å². The lowest BCUT2D eigenvalue weighted by Crippen LogP contribution is -2.18. The zero-order valence-corrected chi connectivity index (χ0v) is 11.6. The fourth-order valence-electron chi connectivity index (χ4n) is 1.53. The largest absolute Gasteiger partial charge is 0.326 e. The van der Waals surface area contributed by atoms with E-state index >= 15 is 0 Å². The summed E-state index contributed by atoms with van der Waals surface area (Å²) in [5, 5.41) is 8.43. The predicted octanol–water partition coefficient (Wildman–Crippen LogP) is 2.47. The number of rotatable bonds is 4. The second-order valence-electron chi connectivity index (χ2n) is 3.98. The Bertz CT molecular complexity index is 636. The topological polar surface area (TPSA) is 70.6 Å². The van der Waals surface area contributed by atoms with Gasteiger partial charge in [-0.25, -0.2) is 5.43 Å². The van der Waals surface area contributed by atoms with Crippen LogP contribution in [0, 0.1) is 0 Å². The van der Waals surface area contributed by atoms with E-state index in [9.17, 15) is 9.59 Å². The SMILES string of the molecule is CC(=O)Nc1cccc(C(=O)N/N=C\c2cccs2)c1. The van der Waals surface area contributed by atoms with Gasteiger partial charge in [0, 0.05) is 23.1 Å². The van der Waals surface area contributed by atoms with Gasteiger partial charge in [-0.1, -0.05) is 12.1 Å². The number of amides is 2. The van der Waals surface area contributed by atoms with Gasteiger partial charge in [-0.2, -0.15) is 5.10 Å². The first-order valence-electron chi connectivity index (χ1n) is 5.90. The van der Waals surface area contributed by atoms with Crippen molar-refractivity contribution in [2.75, 3.05) is 5.32 Å². The molecular weight excluding hydrogens is 274 g/mol. The molecule has 2 aromatic rings. The fraction of sp³-hybridized carbons (Fsp3) is 0.0714. The van der Waals surface area contributed by atoms with Crippen LogP contribution in [0.4, 0.5) is 5.69 Å². The number of hydrogen-bond acceptors (Lipinski definition) is 4. The van der Waals surface area contributed by atoms with Gasteiger partial charge in [-0.15, -0.1) is 11.3 Å². The Morgan fingerprint density at radius 2 is 2.10 bits per heavy atom.